The van der Waals surface area contributed by atoms with E-state index in [0.717, 1.165) is 51.6 Å². The lowest BCUT2D eigenvalue weighted by Crippen LogP contribution is -2.49. The third-order valence-electron chi connectivity index (χ3n) is 5.15. The Kier molecular flexibility index (Phi) is 8.30. The lowest BCUT2D eigenvalue weighted by atomic mass is 10.2. The average molecular weight is 404 g/mol. The molecular formula is C22H33N3O2S. The molecule has 1 saturated heterocycles. The predicted octanol–water partition coefficient (Wildman–Crippen LogP) is 2.72. The van der Waals surface area contributed by atoms with Gasteiger partial charge in [-0.3, -0.25) is 4.90 Å². The number of piperazine rings is 1. The molecule has 2 aromatic rings. The number of aliphatic hydroxyl groups is 1. The van der Waals surface area contributed by atoms with Crippen molar-refractivity contribution in [3.8, 4) is 5.75 Å². The fourth-order valence-electron chi connectivity index (χ4n) is 3.49. The largest absolute Gasteiger partial charge is 0.491 e. The van der Waals surface area contributed by atoms with Gasteiger partial charge in [0.25, 0.3) is 0 Å². The Morgan fingerprint density at radius 1 is 1.11 bits per heavy atom. The number of ether oxygens (including phenoxy) is 1. The first-order valence-electron chi connectivity index (χ1n) is 10.2. The number of hydrogen-bond donors (Lipinski definition) is 2. The third-order valence-corrected chi connectivity index (χ3v) is 6.15. The summed E-state index contributed by atoms with van der Waals surface area (Å²) in [7, 11) is 0. The van der Waals surface area contributed by atoms with Crippen molar-refractivity contribution < 1.29 is 9.84 Å². The van der Waals surface area contributed by atoms with Crippen molar-refractivity contribution in [2.24, 2.45) is 0 Å². The molecule has 0 spiro atoms. The Bertz CT molecular complexity index is 713. The van der Waals surface area contributed by atoms with Crippen LogP contribution in [-0.2, 0) is 13.1 Å². The zero-order chi connectivity index (χ0) is 19.8. The van der Waals surface area contributed by atoms with Gasteiger partial charge in [-0.05, 0) is 43.3 Å². The number of hydrogen-bond acceptors (Lipinski definition) is 6. The van der Waals surface area contributed by atoms with E-state index in [1.54, 1.807) is 0 Å². The molecule has 6 heteroatoms. The summed E-state index contributed by atoms with van der Waals surface area (Å²) in [6.07, 6.45) is -0.461. The normalized spacial score (nSPS) is 17.0. The quantitative estimate of drug-likeness (QED) is 0.639. The first-order valence-corrected chi connectivity index (χ1v) is 11.0. The van der Waals surface area contributed by atoms with Crippen molar-refractivity contribution in [3.05, 3.63) is 51.7 Å². The molecule has 1 aromatic heterocycles. The molecule has 0 bridgehead atoms. The van der Waals surface area contributed by atoms with Gasteiger partial charge in [-0.2, -0.15) is 0 Å². The van der Waals surface area contributed by atoms with E-state index in [1.807, 2.05) is 23.5 Å². The highest BCUT2D eigenvalue weighted by atomic mass is 32.1. The van der Waals surface area contributed by atoms with E-state index in [2.05, 4.69) is 53.2 Å². The number of aryl methyl sites for hydroxylation is 1. The van der Waals surface area contributed by atoms with Crippen molar-refractivity contribution in [2.75, 3.05) is 45.9 Å². The van der Waals surface area contributed by atoms with Crippen molar-refractivity contribution in [1.29, 1.82) is 0 Å². The summed E-state index contributed by atoms with van der Waals surface area (Å²) in [6, 6.07) is 12.5. The van der Waals surface area contributed by atoms with E-state index in [-0.39, 0.29) is 0 Å². The number of benzene rings is 1. The van der Waals surface area contributed by atoms with Crippen LogP contribution in [0.2, 0.25) is 0 Å². The molecule has 2 N–H and O–H groups in total. The highest BCUT2D eigenvalue weighted by Gasteiger charge is 2.18. The van der Waals surface area contributed by atoms with Crippen molar-refractivity contribution in [3.63, 3.8) is 0 Å². The van der Waals surface area contributed by atoms with Crippen LogP contribution in [-0.4, -0.2) is 66.9 Å². The Balaban J connectivity index is 1.37. The van der Waals surface area contributed by atoms with Gasteiger partial charge in [-0.15, -0.1) is 11.3 Å². The molecule has 0 saturated carbocycles. The molecule has 2 heterocycles. The molecule has 154 valence electrons. The smallest absolute Gasteiger partial charge is 0.119 e. The molecule has 1 aliphatic rings. The van der Waals surface area contributed by atoms with Gasteiger partial charge >= 0.3 is 0 Å². The van der Waals surface area contributed by atoms with E-state index in [4.69, 9.17) is 4.74 Å². The van der Waals surface area contributed by atoms with Gasteiger partial charge in [-0.25, -0.2) is 0 Å². The van der Waals surface area contributed by atoms with E-state index in [9.17, 15) is 5.11 Å². The number of rotatable bonds is 10. The zero-order valence-corrected chi connectivity index (χ0v) is 17.9. The van der Waals surface area contributed by atoms with Crippen LogP contribution in [0.15, 0.2) is 36.4 Å². The molecule has 28 heavy (non-hydrogen) atoms. The first-order chi connectivity index (χ1) is 13.6. The molecule has 3 rings (SSSR count). The van der Waals surface area contributed by atoms with Crippen LogP contribution in [0.25, 0.3) is 0 Å². The van der Waals surface area contributed by atoms with Gasteiger partial charge in [0.1, 0.15) is 18.5 Å². The number of likely N-dealkylation sites (N-methyl/N-ethyl adjacent to an activating group) is 1. The molecule has 0 aliphatic carbocycles. The number of aliphatic hydroxyl groups excluding tert-OH is 1. The Labute approximate surface area is 172 Å². The molecule has 1 fully saturated rings. The van der Waals surface area contributed by atoms with Crippen molar-refractivity contribution >= 4 is 11.3 Å². The molecular weight excluding hydrogens is 370 g/mol. The standard InChI is InChI=1S/C22H33N3O2S/c1-3-24-9-11-25(12-10-24)16-20(26)17-27-21-6-4-5-19(13-21)14-23-15-22-8-7-18(2)28-22/h4-8,13,20,23,26H,3,9-12,14-17H2,1-2H3/t20-/m1/s1. The van der Waals surface area contributed by atoms with Crippen LogP contribution in [0.3, 0.4) is 0 Å². The van der Waals surface area contributed by atoms with Gasteiger partial charge in [-0.1, -0.05) is 19.1 Å². The molecule has 1 aliphatic heterocycles. The Morgan fingerprint density at radius 2 is 1.89 bits per heavy atom. The van der Waals surface area contributed by atoms with Crippen molar-refractivity contribution in [2.45, 2.75) is 33.0 Å². The second-order valence-electron chi connectivity index (χ2n) is 7.46. The Morgan fingerprint density at radius 3 is 2.61 bits per heavy atom. The second-order valence-corrected chi connectivity index (χ2v) is 8.84. The molecule has 5 nitrogen and oxygen atoms in total. The zero-order valence-electron chi connectivity index (χ0n) is 17.1. The van der Waals surface area contributed by atoms with E-state index in [0.29, 0.717) is 13.2 Å². The SMILES string of the molecule is CCN1CCN(C[C@@H](O)COc2cccc(CNCc3ccc(C)s3)c2)CC1. The van der Waals surface area contributed by atoms with E-state index < -0.39 is 6.10 Å². The minimum Gasteiger partial charge on any atom is -0.491 e. The number of thiophene rings is 1. The highest BCUT2D eigenvalue weighted by Crippen LogP contribution is 2.16. The fourth-order valence-corrected chi connectivity index (χ4v) is 4.35. The average Bonchev–Trinajstić information content (AvgIpc) is 3.12. The summed E-state index contributed by atoms with van der Waals surface area (Å²) in [5.74, 6) is 0.820. The molecule has 0 unspecified atom stereocenters. The van der Waals surface area contributed by atoms with Gasteiger partial charge in [0, 0.05) is 55.6 Å². The van der Waals surface area contributed by atoms with Crippen LogP contribution in [0.4, 0.5) is 0 Å². The lowest BCUT2D eigenvalue weighted by Gasteiger charge is -2.34. The van der Waals surface area contributed by atoms with Crippen LogP contribution in [0.5, 0.6) is 5.75 Å². The number of nitrogens with one attached hydrogen (secondary N) is 1. The molecule has 0 amide bonds. The number of β-amino-alcohol motifs (C(OH)–C–C–N with tert-alkyl or cyclic N) is 1. The topological polar surface area (TPSA) is 48.0 Å². The van der Waals surface area contributed by atoms with Crippen LogP contribution in [0, 0.1) is 6.92 Å². The summed E-state index contributed by atoms with van der Waals surface area (Å²) >= 11 is 1.83. The maximum absolute atomic E-state index is 10.3. The van der Waals surface area contributed by atoms with Crippen LogP contribution < -0.4 is 10.1 Å². The van der Waals surface area contributed by atoms with Gasteiger partial charge in [0.05, 0.1) is 0 Å². The van der Waals surface area contributed by atoms with E-state index >= 15 is 0 Å². The predicted molar refractivity (Wildman–Crippen MR) is 116 cm³/mol. The van der Waals surface area contributed by atoms with Gasteiger partial charge in [0.15, 0.2) is 0 Å². The van der Waals surface area contributed by atoms with E-state index in [1.165, 1.54) is 15.3 Å². The summed E-state index contributed by atoms with van der Waals surface area (Å²) in [6.45, 7) is 12.4. The van der Waals surface area contributed by atoms with Gasteiger partial charge < -0.3 is 20.1 Å². The number of nitrogens with zero attached hydrogens (tertiary/aromatic N) is 2. The summed E-state index contributed by atoms with van der Waals surface area (Å²) in [5, 5.41) is 13.8. The lowest BCUT2D eigenvalue weighted by molar-refractivity contribution is 0.0471. The van der Waals surface area contributed by atoms with Crippen molar-refractivity contribution in [1.82, 2.24) is 15.1 Å². The second kappa shape index (κ2) is 10.9. The van der Waals surface area contributed by atoms with Gasteiger partial charge in [0.2, 0.25) is 0 Å². The molecule has 1 aromatic carbocycles. The third kappa shape index (κ3) is 6.87. The first kappa shape index (κ1) is 21.3. The molecule has 1 atom stereocenters. The monoisotopic (exact) mass is 403 g/mol. The highest BCUT2D eigenvalue weighted by molar-refractivity contribution is 7.11. The minimum atomic E-state index is -0.461. The maximum atomic E-state index is 10.3. The summed E-state index contributed by atoms with van der Waals surface area (Å²) < 4.78 is 5.85. The Hall–Kier alpha value is -1.44. The molecule has 0 radical (unpaired) electrons. The van der Waals surface area contributed by atoms with Crippen LogP contribution in [0.1, 0.15) is 22.2 Å². The summed E-state index contributed by atoms with van der Waals surface area (Å²) in [4.78, 5) is 7.47. The fraction of sp³-hybridized carbons (Fsp3) is 0.545. The van der Waals surface area contributed by atoms with Crippen LogP contribution >= 0.6 is 11.3 Å². The summed E-state index contributed by atoms with van der Waals surface area (Å²) in [5.41, 5.74) is 1.19. The minimum absolute atomic E-state index is 0.333. The maximum Gasteiger partial charge on any atom is 0.119 e.